The molecule has 0 bridgehead atoms. The topological polar surface area (TPSA) is 41.1 Å². The van der Waals surface area contributed by atoms with Crippen LogP contribution in [0.1, 0.15) is 5.56 Å². The number of hydrogen-bond donors (Lipinski definition) is 2. The van der Waals surface area contributed by atoms with Crippen LogP contribution in [0.3, 0.4) is 0 Å². The Morgan fingerprint density at radius 3 is 3.00 bits per heavy atom. The molecule has 15 heavy (non-hydrogen) atoms. The number of alkyl halides is 1. The van der Waals surface area contributed by atoms with Gasteiger partial charge in [-0.3, -0.25) is 0 Å². The molecule has 0 aliphatic carbocycles. The minimum absolute atomic E-state index is 0.209. The van der Waals surface area contributed by atoms with Gasteiger partial charge >= 0.3 is 6.03 Å². The van der Waals surface area contributed by atoms with Crippen LogP contribution in [0.4, 0.5) is 10.5 Å². The van der Waals surface area contributed by atoms with E-state index in [0.717, 1.165) is 5.56 Å². The van der Waals surface area contributed by atoms with E-state index in [9.17, 15) is 4.79 Å². The van der Waals surface area contributed by atoms with E-state index in [1.54, 1.807) is 6.07 Å². The fraction of sp³-hybridized carbons (Fsp3) is 0.182. The number of carbonyl (C=O) groups is 1. The van der Waals surface area contributed by atoms with E-state index < -0.39 is 0 Å². The van der Waals surface area contributed by atoms with Crippen molar-refractivity contribution in [2.24, 2.45) is 0 Å². The molecule has 0 aliphatic rings. The first kappa shape index (κ1) is 11.4. The molecular weight excluding hydrogens is 212 g/mol. The molecule has 3 nitrogen and oxygen atoms in total. The van der Waals surface area contributed by atoms with Gasteiger partial charge in [-0.1, -0.05) is 18.1 Å². The third-order valence-electron chi connectivity index (χ3n) is 1.69. The highest BCUT2D eigenvalue weighted by Crippen LogP contribution is 2.11. The van der Waals surface area contributed by atoms with Crippen molar-refractivity contribution >= 4 is 23.3 Å². The molecule has 1 rings (SSSR count). The van der Waals surface area contributed by atoms with Crippen molar-refractivity contribution in [3.8, 4) is 12.3 Å². The molecule has 0 spiro atoms. The Balaban J connectivity index is 2.57. The van der Waals surface area contributed by atoms with E-state index in [-0.39, 0.29) is 12.6 Å². The Bertz CT molecular complexity index is 384. The van der Waals surface area contributed by atoms with Gasteiger partial charge in [0, 0.05) is 11.6 Å². The van der Waals surface area contributed by atoms with Crippen molar-refractivity contribution in [2.75, 3.05) is 11.9 Å². The molecular formula is C11H11ClN2O. The van der Waals surface area contributed by atoms with E-state index in [4.69, 9.17) is 18.0 Å². The molecule has 0 saturated carbocycles. The Hall–Kier alpha value is -1.66. The van der Waals surface area contributed by atoms with Gasteiger partial charge in [0.2, 0.25) is 0 Å². The molecule has 0 radical (unpaired) electrons. The van der Waals surface area contributed by atoms with E-state index in [1.165, 1.54) is 0 Å². The number of halogens is 1. The second-order valence-electron chi connectivity index (χ2n) is 2.85. The number of carbonyl (C=O) groups excluding carboxylic acids is 1. The lowest BCUT2D eigenvalue weighted by Crippen LogP contribution is -2.28. The van der Waals surface area contributed by atoms with Gasteiger partial charge in [0.25, 0.3) is 0 Å². The van der Waals surface area contributed by atoms with Gasteiger partial charge in [0.15, 0.2) is 0 Å². The highest BCUT2D eigenvalue weighted by atomic mass is 35.5. The maximum Gasteiger partial charge on any atom is 0.319 e. The minimum Gasteiger partial charge on any atom is -0.327 e. The number of urea groups is 1. The summed E-state index contributed by atoms with van der Waals surface area (Å²) in [6.07, 6.45) is 5.01. The van der Waals surface area contributed by atoms with Gasteiger partial charge in [-0.05, 0) is 17.7 Å². The highest BCUT2D eigenvalue weighted by molar-refractivity contribution is 6.17. The maximum absolute atomic E-state index is 11.2. The van der Waals surface area contributed by atoms with Crippen LogP contribution in [-0.4, -0.2) is 12.6 Å². The van der Waals surface area contributed by atoms with Crippen molar-refractivity contribution in [3.05, 3.63) is 29.8 Å². The summed E-state index contributed by atoms with van der Waals surface area (Å²) in [5, 5.41) is 5.15. The largest absolute Gasteiger partial charge is 0.327 e. The summed E-state index contributed by atoms with van der Waals surface area (Å²) in [7, 11) is 0. The van der Waals surface area contributed by atoms with E-state index >= 15 is 0 Å². The first-order valence-electron chi connectivity index (χ1n) is 4.39. The normalized spacial score (nSPS) is 9.07. The molecule has 2 amide bonds. The van der Waals surface area contributed by atoms with Crippen LogP contribution < -0.4 is 10.6 Å². The van der Waals surface area contributed by atoms with E-state index in [0.29, 0.717) is 11.6 Å². The lowest BCUT2D eigenvalue weighted by molar-refractivity contribution is 0.253. The average molecular weight is 223 g/mol. The van der Waals surface area contributed by atoms with Gasteiger partial charge in [-0.25, -0.2) is 4.79 Å². The predicted octanol–water partition coefficient (Wildman–Crippen LogP) is 2.18. The Labute approximate surface area is 93.8 Å². The number of amides is 2. The Kier molecular flexibility index (Phi) is 4.52. The van der Waals surface area contributed by atoms with Gasteiger partial charge in [0.1, 0.15) is 0 Å². The summed E-state index contributed by atoms with van der Waals surface area (Å²) in [6, 6.07) is 6.99. The van der Waals surface area contributed by atoms with Crippen LogP contribution in [0, 0.1) is 12.3 Å². The predicted molar refractivity (Wildman–Crippen MR) is 61.9 cm³/mol. The maximum atomic E-state index is 11.2. The number of anilines is 1. The molecule has 2 N–H and O–H groups in total. The van der Waals surface area contributed by atoms with Crippen LogP contribution in [-0.2, 0) is 5.88 Å². The quantitative estimate of drug-likeness (QED) is 0.597. The fourth-order valence-corrected chi connectivity index (χ4v) is 1.21. The Morgan fingerprint density at radius 1 is 1.53 bits per heavy atom. The van der Waals surface area contributed by atoms with E-state index in [2.05, 4.69) is 16.6 Å². The number of terminal acetylenes is 1. The van der Waals surface area contributed by atoms with Crippen LogP contribution in [0.25, 0.3) is 0 Å². The molecule has 4 heteroatoms. The zero-order valence-corrected chi connectivity index (χ0v) is 8.84. The van der Waals surface area contributed by atoms with Crippen LogP contribution >= 0.6 is 11.6 Å². The van der Waals surface area contributed by atoms with Crippen molar-refractivity contribution < 1.29 is 4.79 Å². The molecule has 0 atom stereocenters. The third kappa shape index (κ3) is 3.92. The van der Waals surface area contributed by atoms with Gasteiger partial charge in [-0.15, -0.1) is 18.0 Å². The minimum atomic E-state index is -0.320. The van der Waals surface area contributed by atoms with Crippen LogP contribution in [0.15, 0.2) is 24.3 Å². The van der Waals surface area contributed by atoms with Crippen molar-refractivity contribution in [1.29, 1.82) is 0 Å². The number of hydrogen-bond acceptors (Lipinski definition) is 1. The first-order chi connectivity index (χ1) is 7.26. The highest BCUT2D eigenvalue weighted by Gasteiger charge is 2.00. The first-order valence-corrected chi connectivity index (χ1v) is 4.93. The summed E-state index contributed by atoms with van der Waals surface area (Å²) >= 11 is 5.66. The third-order valence-corrected chi connectivity index (χ3v) is 2.00. The van der Waals surface area contributed by atoms with Gasteiger partial charge in [0.05, 0.1) is 6.54 Å². The van der Waals surface area contributed by atoms with Crippen molar-refractivity contribution in [3.63, 3.8) is 0 Å². The summed E-state index contributed by atoms with van der Waals surface area (Å²) < 4.78 is 0. The van der Waals surface area contributed by atoms with Crippen molar-refractivity contribution in [2.45, 2.75) is 5.88 Å². The van der Waals surface area contributed by atoms with Crippen LogP contribution in [0.2, 0.25) is 0 Å². The zero-order chi connectivity index (χ0) is 11.1. The van der Waals surface area contributed by atoms with Crippen LogP contribution in [0.5, 0.6) is 0 Å². The fourth-order valence-electron chi connectivity index (χ4n) is 1.04. The van der Waals surface area contributed by atoms with Gasteiger partial charge in [-0.2, -0.15) is 0 Å². The Morgan fingerprint density at radius 2 is 2.33 bits per heavy atom. The van der Waals surface area contributed by atoms with Crippen molar-refractivity contribution in [1.82, 2.24) is 5.32 Å². The average Bonchev–Trinajstić information content (AvgIpc) is 2.26. The molecule has 0 fully saturated rings. The summed E-state index contributed by atoms with van der Waals surface area (Å²) in [5.74, 6) is 2.73. The molecule has 0 aromatic heterocycles. The summed E-state index contributed by atoms with van der Waals surface area (Å²) in [4.78, 5) is 11.2. The molecule has 1 aromatic rings. The second-order valence-corrected chi connectivity index (χ2v) is 3.11. The van der Waals surface area contributed by atoms with E-state index in [1.807, 2.05) is 18.2 Å². The second kappa shape index (κ2) is 5.94. The molecule has 0 aliphatic heterocycles. The number of rotatable bonds is 3. The monoisotopic (exact) mass is 222 g/mol. The standard InChI is InChI=1S/C11H11ClN2O/c1-2-6-13-11(15)14-10-5-3-4-9(7-10)8-12/h1,3-5,7H,6,8H2,(H2,13,14,15). The molecule has 0 heterocycles. The summed E-state index contributed by atoms with van der Waals surface area (Å²) in [6.45, 7) is 0.209. The lowest BCUT2D eigenvalue weighted by Gasteiger charge is -2.06. The molecule has 78 valence electrons. The summed E-state index contributed by atoms with van der Waals surface area (Å²) in [5.41, 5.74) is 1.65. The SMILES string of the molecule is C#CCNC(=O)Nc1cccc(CCl)c1. The zero-order valence-electron chi connectivity index (χ0n) is 8.09. The lowest BCUT2D eigenvalue weighted by atomic mass is 10.2. The molecule has 0 saturated heterocycles. The molecule has 0 unspecified atom stereocenters. The number of benzene rings is 1. The van der Waals surface area contributed by atoms with Gasteiger partial charge < -0.3 is 10.6 Å². The number of nitrogens with one attached hydrogen (secondary N) is 2. The molecule has 1 aromatic carbocycles. The smallest absolute Gasteiger partial charge is 0.319 e.